The summed E-state index contributed by atoms with van der Waals surface area (Å²) in [7, 11) is 3.27. The van der Waals surface area contributed by atoms with Crippen molar-refractivity contribution in [2.24, 2.45) is 5.92 Å². The van der Waals surface area contributed by atoms with E-state index >= 15 is 0 Å². The Morgan fingerprint density at radius 1 is 1.26 bits per heavy atom. The van der Waals surface area contributed by atoms with Crippen molar-refractivity contribution in [1.82, 2.24) is 10.2 Å². The molecule has 148 valence electrons. The van der Waals surface area contributed by atoms with E-state index in [0.717, 1.165) is 31.5 Å². The Labute approximate surface area is 161 Å². The van der Waals surface area contributed by atoms with Crippen LogP contribution in [0.3, 0.4) is 0 Å². The molecule has 1 fully saturated rings. The van der Waals surface area contributed by atoms with Crippen LogP contribution in [-0.2, 0) is 9.53 Å². The van der Waals surface area contributed by atoms with Crippen molar-refractivity contribution < 1.29 is 19.0 Å². The Hall–Kier alpha value is -2.05. The minimum atomic E-state index is 0.0803. The number of amides is 1. The Bertz CT molecular complexity index is 656. The van der Waals surface area contributed by atoms with Crippen molar-refractivity contribution in [1.29, 1.82) is 0 Å². The van der Waals surface area contributed by atoms with Crippen LogP contribution in [0.4, 0.5) is 0 Å². The molecule has 1 amide bonds. The number of allylic oxidation sites excluding steroid dienone is 2. The van der Waals surface area contributed by atoms with E-state index < -0.39 is 0 Å². The molecule has 1 aliphatic heterocycles. The zero-order valence-electron chi connectivity index (χ0n) is 16.3. The molecule has 0 aromatic heterocycles. The summed E-state index contributed by atoms with van der Waals surface area (Å²) in [5.74, 6) is 1.91. The predicted molar refractivity (Wildman–Crippen MR) is 104 cm³/mol. The van der Waals surface area contributed by atoms with Gasteiger partial charge in [0.15, 0.2) is 11.5 Å². The molecule has 27 heavy (non-hydrogen) atoms. The Morgan fingerprint density at radius 3 is 2.70 bits per heavy atom. The standard InChI is InChI=1S/C21H30N2O4/c1-25-19-8-7-17(14-20(19)26-2)18(23-9-11-27-12-10-23)15-22-21(24)13-16-5-3-4-6-16/h3,5,7-8,14,16,18H,4,6,9-13,15H2,1-2H3,(H,22,24)/t16-,18+/m0/s1. The van der Waals surface area contributed by atoms with Crippen LogP contribution >= 0.6 is 0 Å². The lowest BCUT2D eigenvalue weighted by Gasteiger charge is -2.35. The lowest BCUT2D eigenvalue weighted by Crippen LogP contribution is -2.44. The van der Waals surface area contributed by atoms with Gasteiger partial charge in [-0.25, -0.2) is 0 Å². The van der Waals surface area contributed by atoms with Crippen LogP contribution in [0, 0.1) is 5.92 Å². The zero-order chi connectivity index (χ0) is 19.1. The number of benzene rings is 1. The summed E-state index contributed by atoms with van der Waals surface area (Å²) >= 11 is 0. The maximum atomic E-state index is 12.4. The molecule has 0 radical (unpaired) electrons. The fourth-order valence-electron chi connectivity index (χ4n) is 3.79. The molecule has 6 heteroatoms. The summed E-state index contributed by atoms with van der Waals surface area (Å²) < 4.78 is 16.3. The van der Waals surface area contributed by atoms with Crippen LogP contribution < -0.4 is 14.8 Å². The van der Waals surface area contributed by atoms with Crippen LogP contribution in [0.1, 0.15) is 30.9 Å². The number of hydrogen-bond acceptors (Lipinski definition) is 5. The first-order valence-corrected chi connectivity index (χ1v) is 9.68. The fourth-order valence-corrected chi connectivity index (χ4v) is 3.79. The van der Waals surface area contributed by atoms with Gasteiger partial charge in [-0.05, 0) is 36.5 Å². The maximum Gasteiger partial charge on any atom is 0.220 e. The van der Waals surface area contributed by atoms with E-state index in [2.05, 4.69) is 22.4 Å². The molecule has 1 aromatic rings. The molecular formula is C21H30N2O4. The SMILES string of the molecule is COc1ccc([C@@H](CNC(=O)C[C@H]2C=CCC2)N2CCOCC2)cc1OC. The highest BCUT2D eigenvalue weighted by Crippen LogP contribution is 2.32. The number of morpholine rings is 1. The molecule has 1 heterocycles. The molecule has 1 aromatic carbocycles. The molecule has 1 saturated heterocycles. The molecule has 1 N–H and O–H groups in total. The van der Waals surface area contributed by atoms with Crippen LogP contribution in [0.25, 0.3) is 0 Å². The highest BCUT2D eigenvalue weighted by Gasteiger charge is 2.25. The van der Waals surface area contributed by atoms with Crippen molar-refractivity contribution in [2.75, 3.05) is 47.1 Å². The highest BCUT2D eigenvalue weighted by molar-refractivity contribution is 5.76. The number of carbonyl (C=O) groups excluding carboxylic acids is 1. The third-order valence-electron chi connectivity index (χ3n) is 5.33. The average Bonchev–Trinajstić information content (AvgIpc) is 3.21. The minimum absolute atomic E-state index is 0.0803. The molecule has 1 aliphatic carbocycles. The largest absolute Gasteiger partial charge is 0.493 e. The summed E-state index contributed by atoms with van der Waals surface area (Å²) in [5, 5.41) is 3.14. The van der Waals surface area contributed by atoms with Gasteiger partial charge in [0.2, 0.25) is 5.91 Å². The number of methoxy groups -OCH3 is 2. The van der Waals surface area contributed by atoms with Gasteiger partial charge in [0.05, 0.1) is 33.5 Å². The molecular weight excluding hydrogens is 344 g/mol. The number of nitrogens with zero attached hydrogens (tertiary/aromatic N) is 1. The van der Waals surface area contributed by atoms with E-state index in [1.807, 2.05) is 18.2 Å². The topological polar surface area (TPSA) is 60.0 Å². The molecule has 2 atom stereocenters. The summed E-state index contributed by atoms with van der Waals surface area (Å²) in [6, 6.07) is 6.06. The van der Waals surface area contributed by atoms with E-state index in [9.17, 15) is 4.79 Å². The third-order valence-corrected chi connectivity index (χ3v) is 5.33. The number of nitrogens with one attached hydrogen (secondary N) is 1. The van der Waals surface area contributed by atoms with E-state index in [-0.39, 0.29) is 11.9 Å². The Balaban J connectivity index is 1.70. The van der Waals surface area contributed by atoms with Crippen molar-refractivity contribution in [2.45, 2.75) is 25.3 Å². The second-order valence-corrected chi connectivity index (χ2v) is 7.05. The molecule has 0 spiro atoms. The molecule has 0 saturated carbocycles. The van der Waals surface area contributed by atoms with Gasteiger partial charge in [0.25, 0.3) is 0 Å². The fraction of sp³-hybridized carbons (Fsp3) is 0.571. The van der Waals surface area contributed by atoms with Gasteiger partial charge in [-0.2, -0.15) is 0 Å². The van der Waals surface area contributed by atoms with Gasteiger partial charge in [-0.3, -0.25) is 9.69 Å². The zero-order valence-corrected chi connectivity index (χ0v) is 16.3. The van der Waals surface area contributed by atoms with Crippen LogP contribution in [0.5, 0.6) is 11.5 Å². The predicted octanol–water partition coefficient (Wildman–Crippen LogP) is 2.55. The minimum Gasteiger partial charge on any atom is -0.493 e. The van der Waals surface area contributed by atoms with Crippen molar-refractivity contribution in [3.05, 3.63) is 35.9 Å². The third kappa shape index (κ3) is 5.23. The number of hydrogen-bond donors (Lipinski definition) is 1. The first kappa shape index (κ1) is 19.7. The van der Waals surface area contributed by atoms with Gasteiger partial charge in [0.1, 0.15) is 0 Å². The van der Waals surface area contributed by atoms with Crippen LogP contribution in [-0.4, -0.2) is 57.9 Å². The molecule has 0 bridgehead atoms. The number of ether oxygens (including phenoxy) is 3. The normalized spacial score (nSPS) is 21.0. The second-order valence-electron chi connectivity index (χ2n) is 7.05. The first-order chi connectivity index (χ1) is 13.2. The Morgan fingerprint density at radius 2 is 2.04 bits per heavy atom. The van der Waals surface area contributed by atoms with Gasteiger partial charge >= 0.3 is 0 Å². The molecule has 6 nitrogen and oxygen atoms in total. The van der Waals surface area contributed by atoms with Crippen molar-refractivity contribution in [3.63, 3.8) is 0 Å². The smallest absolute Gasteiger partial charge is 0.220 e. The van der Waals surface area contributed by atoms with Gasteiger partial charge < -0.3 is 19.5 Å². The van der Waals surface area contributed by atoms with Crippen LogP contribution in [0.15, 0.2) is 30.4 Å². The summed E-state index contributed by atoms with van der Waals surface area (Å²) in [6.07, 6.45) is 7.06. The van der Waals surface area contributed by atoms with E-state index in [1.54, 1.807) is 14.2 Å². The van der Waals surface area contributed by atoms with E-state index in [0.29, 0.717) is 43.6 Å². The first-order valence-electron chi connectivity index (χ1n) is 9.68. The monoisotopic (exact) mass is 374 g/mol. The number of carbonyl (C=O) groups is 1. The van der Waals surface area contributed by atoms with E-state index in [4.69, 9.17) is 14.2 Å². The quantitative estimate of drug-likeness (QED) is 0.709. The lowest BCUT2D eigenvalue weighted by atomic mass is 10.0. The molecule has 0 unspecified atom stereocenters. The average molecular weight is 374 g/mol. The molecule has 2 aliphatic rings. The molecule has 3 rings (SSSR count). The summed E-state index contributed by atoms with van der Waals surface area (Å²) in [4.78, 5) is 14.8. The summed E-state index contributed by atoms with van der Waals surface area (Å²) in [5.41, 5.74) is 1.11. The van der Waals surface area contributed by atoms with E-state index in [1.165, 1.54) is 0 Å². The highest BCUT2D eigenvalue weighted by atomic mass is 16.5. The lowest BCUT2D eigenvalue weighted by molar-refractivity contribution is -0.122. The summed E-state index contributed by atoms with van der Waals surface area (Å²) in [6.45, 7) is 3.69. The van der Waals surface area contributed by atoms with Crippen molar-refractivity contribution in [3.8, 4) is 11.5 Å². The number of rotatable bonds is 8. The van der Waals surface area contributed by atoms with Crippen molar-refractivity contribution >= 4 is 5.91 Å². The second kappa shape index (κ2) is 9.76. The van der Waals surface area contributed by atoms with Gasteiger partial charge in [-0.15, -0.1) is 0 Å². The Kier molecular flexibility index (Phi) is 7.12. The van der Waals surface area contributed by atoms with Crippen LogP contribution in [0.2, 0.25) is 0 Å². The van der Waals surface area contributed by atoms with Gasteiger partial charge in [-0.1, -0.05) is 18.2 Å². The van der Waals surface area contributed by atoms with Gasteiger partial charge in [0, 0.05) is 26.1 Å². The maximum absolute atomic E-state index is 12.4.